The van der Waals surface area contributed by atoms with Crippen LogP contribution >= 0.6 is 0 Å². The van der Waals surface area contributed by atoms with Crippen LogP contribution in [0.4, 0.5) is 4.39 Å². The molecule has 1 aromatic carbocycles. The van der Waals surface area contributed by atoms with Crippen LogP contribution in [0.2, 0.25) is 0 Å². The Balaban J connectivity index is 2.72. The quantitative estimate of drug-likeness (QED) is 0.565. The highest BCUT2D eigenvalue weighted by Gasteiger charge is 2.14. The molecule has 0 radical (unpaired) electrons. The fraction of sp³-hybridized carbons (Fsp3) is 0.333. The third-order valence-corrected chi connectivity index (χ3v) is 2.69. The first kappa shape index (κ1) is 16.8. The van der Waals surface area contributed by atoms with E-state index in [1.165, 1.54) is 43.4 Å². The van der Waals surface area contributed by atoms with Gasteiger partial charge in [-0.2, -0.15) is 0 Å². The summed E-state index contributed by atoms with van der Waals surface area (Å²) in [6.45, 7) is 0.403. The Bertz CT molecular complexity index is 516. The number of hydrogen-bond donors (Lipinski definition) is 0. The van der Waals surface area contributed by atoms with Gasteiger partial charge in [0.25, 0.3) is 0 Å². The van der Waals surface area contributed by atoms with E-state index >= 15 is 0 Å². The molecule has 0 saturated heterocycles. The van der Waals surface area contributed by atoms with E-state index in [0.29, 0.717) is 12.2 Å². The summed E-state index contributed by atoms with van der Waals surface area (Å²) in [5, 5.41) is 0. The van der Waals surface area contributed by atoms with Gasteiger partial charge >= 0.3 is 5.97 Å². The molecule has 1 rings (SSSR count). The monoisotopic (exact) mass is 295 g/mol. The van der Waals surface area contributed by atoms with Gasteiger partial charge in [0.1, 0.15) is 12.4 Å². The minimum absolute atomic E-state index is 0.161. The lowest BCUT2D eigenvalue weighted by molar-refractivity contribution is -0.145. The van der Waals surface area contributed by atoms with E-state index < -0.39 is 5.97 Å². The van der Waals surface area contributed by atoms with Crippen molar-refractivity contribution in [1.82, 2.24) is 4.90 Å². The number of methoxy groups -OCH3 is 2. The SMILES string of the molecule is COCCN(CC(=O)OC)C(=O)C=Cc1cccc(F)c1. The maximum Gasteiger partial charge on any atom is 0.325 e. The predicted molar refractivity (Wildman–Crippen MR) is 75.9 cm³/mol. The molecule has 21 heavy (non-hydrogen) atoms. The van der Waals surface area contributed by atoms with Crippen molar-refractivity contribution in [1.29, 1.82) is 0 Å². The topological polar surface area (TPSA) is 55.8 Å². The van der Waals surface area contributed by atoms with Gasteiger partial charge in [0.05, 0.1) is 13.7 Å². The highest BCUT2D eigenvalue weighted by atomic mass is 19.1. The molecule has 0 aliphatic heterocycles. The molecule has 1 amide bonds. The van der Waals surface area contributed by atoms with Gasteiger partial charge < -0.3 is 14.4 Å². The van der Waals surface area contributed by atoms with Gasteiger partial charge in [-0.3, -0.25) is 9.59 Å². The summed E-state index contributed by atoms with van der Waals surface area (Å²) < 4.78 is 22.5. The number of benzene rings is 1. The lowest BCUT2D eigenvalue weighted by Crippen LogP contribution is -2.37. The molecule has 0 aliphatic rings. The molecule has 0 atom stereocenters. The third-order valence-electron chi connectivity index (χ3n) is 2.69. The largest absolute Gasteiger partial charge is 0.468 e. The fourth-order valence-electron chi connectivity index (χ4n) is 1.57. The molecule has 5 nitrogen and oxygen atoms in total. The van der Waals surface area contributed by atoms with Crippen molar-refractivity contribution in [3.05, 3.63) is 41.7 Å². The molecule has 0 N–H and O–H groups in total. The first-order valence-electron chi connectivity index (χ1n) is 6.35. The molecule has 0 spiro atoms. The summed E-state index contributed by atoms with van der Waals surface area (Å²) in [7, 11) is 2.76. The van der Waals surface area contributed by atoms with Crippen molar-refractivity contribution in [2.24, 2.45) is 0 Å². The van der Waals surface area contributed by atoms with Crippen LogP contribution in [0.15, 0.2) is 30.3 Å². The molecule has 0 aromatic heterocycles. The Morgan fingerprint density at radius 3 is 2.71 bits per heavy atom. The van der Waals surface area contributed by atoms with Crippen molar-refractivity contribution in [2.45, 2.75) is 0 Å². The smallest absolute Gasteiger partial charge is 0.325 e. The predicted octanol–water partition coefficient (Wildman–Crippen LogP) is 1.49. The third kappa shape index (κ3) is 6.18. The molecule has 0 fully saturated rings. The second kappa shape index (κ2) is 8.86. The molecule has 0 saturated carbocycles. The maximum absolute atomic E-state index is 13.0. The molecule has 0 unspecified atom stereocenters. The van der Waals surface area contributed by atoms with Gasteiger partial charge in [-0.15, -0.1) is 0 Å². The van der Waals surface area contributed by atoms with Crippen LogP contribution in [0.5, 0.6) is 0 Å². The maximum atomic E-state index is 13.0. The lowest BCUT2D eigenvalue weighted by Gasteiger charge is -2.19. The summed E-state index contributed by atoms with van der Waals surface area (Å²) >= 11 is 0. The number of rotatable bonds is 7. The Morgan fingerprint density at radius 1 is 1.33 bits per heavy atom. The second-order valence-electron chi connectivity index (χ2n) is 4.22. The number of hydrogen-bond acceptors (Lipinski definition) is 4. The molecular formula is C15H18FNO4. The van der Waals surface area contributed by atoms with Gasteiger partial charge in [-0.05, 0) is 23.8 Å². The zero-order valence-corrected chi connectivity index (χ0v) is 12.0. The van der Waals surface area contributed by atoms with Gasteiger partial charge in [-0.1, -0.05) is 12.1 Å². The number of carbonyl (C=O) groups is 2. The molecule has 0 heterocycles. The highest BCUT2D eigenvalue weighted by Crippen LogP contribution is 2.06. The summed E-state index contributed by atoms with van der Waals surface area (Å²) in [6.07, 6.45) is 2.77. The summed E-state index contributed by atoms with van der Waals surface area (Å²) in [4.78, 5) is 24.6. The van der Waals surface area contributed by atoms with Crippen LogP contribution in [0.3, 0.4) is 0 Å². The second-order valence-corrected chi connectivity index (χ2v) is 4.22. The van der Waals surface area contributed by atoms with E-state index in [4.69, 9.17) is 4.74 Å². The van der Waals surface area contributed by atoms with E-state index in [1.807, 2.05) is 0 Å². The molecular weight excluding hydrogens is 277 g/mol. The Morgan fingerprint density at radius 2 is 2.10 bits per heavy atom. The van der Waals surface area contributed by atoms with Crippen LogP contribution in [0, 0.1) is 5.82 Å². The molecule has 0 aliphatic carbocycles. The lowest BCUT2D eigenvalue weighted by atomic mass is 10.2. The van der Waals surface area contributed by atoms with Crippen LogP contribution in [-0.2, 0) is 19.1 Å². The molecule has 6 heteroatoms. The van der Waals surface area contributed by atoms with Crippen molar-refractivity contribution in [3.8, 4) is 0 Å². The number of nitrogens with zero attached hydrogens (tertiary/aromatic N) is 1. The molecule has 0 bridgehead atoms. The van der Waals surface area contributed by atoms with E-state index in [0.717, 1.165) is 0 Å². The van der Waals surface area contributed by atoms with E-state index in [9.17, 15) is 14.0 Å². The number of esters is 1. The van der Waals surface area contributed by atoms with E-state index in [1.54, 1.807) is 12.1 Å². The van der Waals surface area contributed by atoms with Gasteiger partial charge in [-0.25, -0.2) is 4.39 Å². The first-order valence-corrected chi connectivity index (χ1v) is 6.35. The first-order chi connectivity index (χ1) is 10.1. The number of carbonyl (C=O) groups excluding carboxylic acids is 2. The highest BCUT2D eigenvalue weighted by molar-refractivity contribution is 5.93. The van der Waals surface area contributed by atoms with Gasteiger partial charge in [0.2, 0.25) is 5.91 Å². The average molecular weight is 295 g/mol. The van der Waals surface area contributed by atoms with Crippen molar-refractivity contribution >= 4 is 18.0 Å². The molecule has 1 aromatic rings. The van der Waals surface area contributed by atoms with Gasteiger partial charge in [0, 0.05) is 19.7 Å². The number of ether oxygens (including phenoxy) is 2. The van der Waals surface area contributed by atoms with Crippen molar-refractivity contribution in [3.63, 3.8) is 0 Å². The minimum Gasteiger partial charge on any atom is -0.468 e. The van der Waals surface area contributed by atoms with Crippen LogP contribution in [0.25, 0.3) is 6.08 Å². The standard InChI is InChI=1S/C15H18FNO4/c1-20-9-8-17(11-15(19)21-2)14(18)7-6-12-4-3-5-13(16)10-12/h3-7,10H,8-9,11H2,1-2H3. The number of amides is 1. The van der Waals surface area contributed by atoms with Crippen LogP contribution in [0.1, 0.15) is 5.56 Å². The van der Waals surface area contributed by atoms with E-state index in [-0.39, 0.29) is 24.8 Å². The van der Waals surface area contributed by atoms with E-state index in [2.05, 4.69) is 4.74 Å². The Kier molecular flexibility index (Phi) is 7.11. The van der Waals surface area contributed by atoms with Crippen LogP contribution < -0.4 is 0 Å². The molecule has 114 valence electrons. The summed E-state index contributed by atoms with van der Waals surface area (Å²) in [5.74, 6) is -1.27. The zero-order valence-electron chi connectivity index (χ0n) is 12.0. The normalized spacial score (nSPS) is 10.6. The summed E-state index contributed by atoms with van der Waals surface area (Å²) in [5.41, 5.74) is 0.563. The fourth-order valence-corrected chi connectivity index (χ4v) is 1.57. The van der Waals surface area contributed by atoms with Crippen molar-refractivity contribution < 1.29 is 23.5 Å². The van der Waals surface area contributed by atoms with Gasteiger partial charge in [0.15, 0.2) is 0 Å². The Hall–Kier alpha value is -2.21. The van der Waals surface area contributed by atoms with Crippen LogP contribution in [-0.4, -0.2) is 50.7 Å². The van der Waals surface area contributed by atoms with Crippen molar-refractivity contribution in [2.75, 3.05) is 33.9 Å². The minimum atomic E-state index is -0.515. The summed E-state index contributed by atoms with van der Waals surface area (Å²) in [6, 6.07) is 5.86. The number of halogens is 1. The average Bonchev–Trinajstić information content (AvgIpc) is 2.48. The zero-order chi connectivity index (χ0) is 15.7. The Labute approximate surface area is 123 Å².